The Hall–Kier alpha value is -2.21. The second-order valence-electron chi connectivity index (χ2n) is 8.04. The van der Waals surface area contributed by atoms with Crippen LogP contribution in [0.5, 0.6) is 0 Å². The lowest BCUT2D eigenvalue weighted by molar-refractivity contribution is -0.130. The molecule has 0 radical (unpaired) electrons. The van der Waals surface area contributed by atoms with Crippen LogP contribution in [-0.4, -0.2) is 34.0 Å². The van der Waals surface area contributed by atoms with Gasteiger partial charge in [-0.2, -0.15) is 4.98 Å². The highest BCUT2D eigenvalue weighted by Gasteiger charge is 2.30. The minimum Gasteiger partial charge on any atom is -0.367 e. The minimum absolute atomic E-state index is 0.169. The normalized spacial score (nSPS) is 20.1. The number of carbonyl (C=O) groups excluding carboxylic acids is 1. The number of hydrogen-bond donors (Lipinski definition) is 0. The third-order valence-corrected chi connectivity index (χ3v) is 5.97. The van der Waals surface area contributed by atoms with Crippen LogP contribution in [0.1, 0.15) is 68.1 Å². The van der Waals surface area contributed by atoms with Crippen LogP contribution in [-0.2, 0) is 22.7 Å². The molecule has 1 unspecified atom stereocenters. The summed E-state index contributed by atoms with van der Waals surface area (Å²) in [6.07, 6.45) is 7.90. The molecule has 2 aromatic rings. The molecule has 0 spiro atoms. The summed E-state index contributed by atoms with van der Waals surface area (Å²) in [6.45, 7) is 2.32. The first-order valence-corrected chi connectivity index (χ1v) is 10.5. The molecule has 6 nitrogen and oxygen atoms in total. The van der Waals surface area contributed by atoms with Gasteiger partial charge in [0.1, 0.15) is 6.61 Å². The maximum atomic E-state index is 12.5. The van der Waals surface area contributed by atoms with Crippen LogP contribution in [0.3, 0.4) is 0 Å². The van der Waals surface area contributed by atoms with E-state index in [9.17, 15) is 4.79 Å². The van der Waals surface area contributed by atoms with Gasteiger partial charge in [0.25, 0.3) is 5.89 Å². The Morgan fingerprint density at radius 2 is 1.96 bits per heavy atom. The van der Waals surface area contributed by atoms with Crippen molar-refractivity contribution < 1.29 is 14.1 Å². The Balaban J connectivity index is 1.21. The largest absolute Gasteiger partial charge is 0.367 e. The van der Waals surface area contributed by atoms with Crippen molar-refractivity contribution >= 4 is 5.91 Å². The Bertz CT molecular complexity index is 755. The molecule has 0 bridgehead atoms. The fourth-order valence-electron chi connectivity index (χ4n) is 4.31. The predicted octanol–water partition coefficient (Wildman–Crippen LogP) is 4.07. The molecule has 2 fully saturated rings. The molecule has 1 saturated heterocycles. The van der Waals surface area contributed by atoms with E-state index in [0.717, 1.165) is 30.9 Å². The van der Waals surface area contributed by atoms with E-state index < -0.39 is 0 Å². The number of amides is 1. The van der Waals surface area contributed by atoms with Crippen molar-refractivity contribution in [2.24, 2.45) is 5.92 Å². The second kappa shape index (κ2) is 9.32. The van der Waals surface area contributed by atoms with Gasteiger partial charge in [-0.25, -0.2) is 0 Å². The van der Waals surface area contributed by atoms with Crippen molar-refractivity contribution in [3.8, 4) is 0 Å². The molecule has 2 heterocycles. The monoisotopic (exact) mass is 383 g/mol. The molecule has 1 aliphatic carbocycles. The Labute approximate surface area is 166 Å². The van der Waals surface area contributed by atoms with Crippen LogP contribution in [0.2, 0.25) is 0 Å². The molecule has 1 aromatic heterocycles. The first kappa shape index (κ1) is 19.1. The lowest BCUT2D eigenvalue weighted by Crippen LogP contribution is -2.28. The van der Waals surface area contributed by atoms with Gasteiger partial charge >= 0.3 is 0 Å². The fraction of sp³-hybridized carbons (Fsp3) is 0.591. The number of nitrogens with zero attached hydrogens (tertiary/aromatic N) is 3. The van der Waals surface area contributed by atoms with Crippen molar-refractivity contribution in [2.45, 2.75) is 64.1 Å². The average Bonchev–Trinajstić information content (AvgIpc) is 3.48. The number of likely N-dealkylation sites (tertiary alicyclic amines) is 1. The Kier molecular flexibility index (Phi) is 6.37. The highest BCUT2D eigenvalue weighted by molar-refractivity contribution is 5.76. The molecular weight excluding hydrogens is 354 g/mol. The van der Waals surface area contributed by atoms with Crippen molar-refractivity contribution in [3.05, 3.63) is 47.6 Å². The third kappa shape index (κ3) is 4.98. The van der Waals surface area contributed by atoms with Crippen LogP contribution < -0.4 is 0 Å². The number of rotatable bonds is 8. The number of carbonyl (C=O) groups is 1. The number of aromatic nitrogens is 2. The predicted molar refractivity (Wildman–Crippen MR) is 104 cm³/mol. The zero-order valence-electron chi connectivity index (χ0n) is 16.4. The first-order valence-electron chi connectivity index (χ1n) is 10.5. The molecule has 6 heteroatoms. The average molecular weight is 383 g/mol. The van der Waals surface area contributed by atoms with Gasteiger partial charge in [-0.05, 0) is 24.3 Å². The van der Waals surface area contributed by atoms with E-state index in [1.54, 1.807) is 0 Å². The van der Waals surface area contributed by atoms with Gasteiger partial charge in [-0.1, -0.05) is 61.2 Å². The summed E-state index contributed by atoms with van der Waals surface area (Å²) >= 11 is 0. The molecule has 2 aliphatic rings. The van der Waals surface area contributed by atoms with E-state index in [0.29, 0.717) is 37.9 Å². The summed E-state index contributed by atoms with van der Waals surface area (Å²) in [5.74, 6) is 2.41. The SMILES string of the molecule is O=C(CCC1CCCC1)N1CCC(c2noc(COCc3ccccc3)n2)C1. The molecule has 4 rings (SSSR count). The molecule has 1 atom stereocenters. The molecule has 0 N–H and O–H groups in total. The van der Waals surface area contributed by atoms with E-state index in [4.69, 9.17) is 9.26 Å². The van der Waals surface area contributed by atoms with Crippen LogP contribution >= 0.6 is 0 Å². The summed E-state index contributed by atoms with van der Waals surface area (Å²) in [5, 5.41) is 4.12. The van der Waals surface area contributed by atoms with Gasteiger partial charge in [-0.15, -0.1) is 0 Å². The van der Waals surface area contributed by atoms with Crippen molar-refractivity contribution in [1.82, 2.24) is 15.0 Å². The summed E-state index contributed by atoms with van der Waals surface area (Å²) in [7, 11) is 0. The van der Waals surface area contributed by atoms with Crippen LogP contribution in [0.25, 0.3) is 0 Å². The fourth-order valence-corrected chi connectivity index (χ4v) is 4.31. The molecule has 1 saturated carbocycles. The number of ether oxygens (including phenoxy) is 1. The summed E-state index contributed by atoms with van der Waals surface area (Å²) < 4.78 is 11.0. The smallest absolute Gasteiger partial charge is 0.252 e. The topological polar surface area (TPSA) is 68.5 Å². The Morgan fingerprint density at radius 3 is 2.79 bits per heavy atom. The third-order valence-electron chi connectivity index (χ3n) is 5.97. The standard InChI is InChI=1S/C22H29N3O3/c26-21(11-10-17-6-4-5-7-17)25-13-12-19(14-25)22-23-20(28-24-22)16-27-15-18-8-2-1-3-9-18/h1-3,8-9,17,19H,4-7,10-16H2. The van der Waals surface area contributed by atoms with Crippen LogP contribution in [0.15, 0.2) is 34.9 Å². The van der Waals surface area contributed by atoms with E-state index >= 15 is 0 Å². The van der Waals surface area contributed by atoms with Gasteiger partial charge in [0.2, 0.25) is 5.91 Å². The van der Waals surface area contributed by atoms with E-state index in [-0.39, 0.29) is 11.8 Å². The summed E-state index contributed by atoms with van der Waals surface area (Å²) in [6, 6.07) is 10.0. The van der Waals surface area contributed by atoms with E-state index in [1.165, 1.54) is 25.7 Å². The highest BCUT2D eigenvalue weighted by Crippen LogP contribution is 2.30. The summed E-state index contributed by atoms with van der Waals surface area (Å²) in [4.78, 5) is 19.0. The highest BCUT2D eigenvalue weighted by atomic mass is 16.5. The molecule has 150 valence electrons. The van der Waals surface area contributed by atoms with Crippen molar-refractivity contribution in [3.63, 3.8) is 0 Å². The molecule has 1 amide bonds. The zero-order chi connectivity index (χ0) is 19.2. The maximum Gasteiger partial charge on any atom is 0.252 e. The van der Waals surface area contributed by atoms with Gasteiger partial charge in [-0.3, -0.25) is 4.79 Å². The maximum absolute atomic E-state index is 12.5. The van der Waals surface area contributed by atoms with E-state index in [2.05, 4.69) is 10.1 Å². The summed E-state index contributed by atoms with van der Waals surface area (Å²) in [5.41, 5.74) is 1.12. The Morgan fingerprint density at radius 1 is 1.14 bits per heavy atom. The molecule has 1 aliphatic heterocycles. The van der Waals surface area contributed by atoms with E-state index in [1.807, 2.05) is 35.2 Å². The number of benzene rings is 1. The lowest BCUT2D eigenvalue weighted by atomic mass is 10.0. The van der Waals surface area contributed by atoms with Gasteiger partial charge < -0.3 is 14.2 Å². The molecular formula is C22H29N3O3. The second-order valence-corrected chi connectivity index (χ2v) is 8.04. The quantitative estimate of drug-likeness (QED) is 0.687. The molecule has 1 aromatic carbocycles. The van der Waals surface area contributed by atoms with Gasteiger partial charge in [0.05, 0.1) is 6.61 Å². The number of hydrogen-bond acceptors (Lipinski definition) is 5. The molecule has 28 heavy (non-hydrogen) atoms. The lowest BCUT2D eigenvalue weighted by Gasteiger charge is -2.17. The van der Waals surface area contributed by atoms with Crippen molar-refractivity contribution in [1.29, 1.82) is 0 Å². The van der Waals surface area contributed by atoms with Crippen molar-refractivity contribution in [2.75, 3.05) is 13.1 Å². The zero-order valence-corrected chi connectivity index (χ0v) is 16.4. The van der Waals surface area contributed by atoms with Crippen LogP contribution in [0.4, 0.5) is 0 Å². The van der Waals surface area contributed by atoms with Gasteiger partial charge in [0.15, 0.2) is 5.82 Å². The van der Waals surface area contributed by atoms with Crippen LogP contribution in [0, 0.1) is 5.92 Å². The minimum atomic E-state index is 0.169. The van der Waals surface area contributed by atoms with Gasteiger partial charge in [0, 0.05) is 25.4 Å². The first-order chi connectivity index (χ1) is 13.8.